The second kappa shape index (κ2) is 7.44. The molecule has 0 aliphatic heterocycles. The quantitative estimate of drug-likeness (QED) is 0.835. The molecule has 1 aromatic carbocycles. The van der Waals surface area contributed by atoms with Crippen LogP contribution < -0.4 is 5.32 Å². The molecule has 0 saturated heterocycles. The molecule has 1 amide bonds. The second-order valence-electron chi connectivity index (χ2n) is 5.38. The Balaban J connectivity index is 2.16. The van der Waals surface area contributed by atoms with Gasteiger partial charge in [0.05, 0.1) is 30.0 Å². The molecule has 0 radical (unpaired) electrons. The summed E-state index contributed by atoms with van der Waals surface area (Å²) in [5, 5.41) is 16.0. The minimum absolute atomic E-state index is 0.108. The maximum Gasteiger partial charge on any atom is 0.303 e. The summed E-state index contributed by atoms with van der Waals surface area (Å²) < 4.78 is 14.8. The highest BCUT2D eigenvalue weighted by Gasteiger charge is 2.16. The van der Waals surface area contributed by atoms with Gasteiger partial charge in [0.25, 0.3) is 0 Å². The number of anilines is 1. The Morgan fingerprint density at radius 3 is 2.67 bits per heavy atom. The monoisotopic (exact) mass is 353 g/mol. The van der Waals surface area contributed by atoms with Gasteiger partial charge >= 0.3 is 5.97 Å². The van der Waals surface area contributed by atoms with E-state index in [1.54, 1.807) is 24.6 Å². The molecular formula is C16H17ClFN3O3. The normalized spacial score (nSPS) is 10.7. The molecule has 0 aliphatic carbocycles. The number of carbonyl (C=O) groups excluding carboxylic acids is 1. The van der Waals surface area contributed by atoms with Crippen molar-refractivity contribution in [3.8, 4) is 0 Å². The lowest BCUT2D eigenvalue weighted by molar-refractivity contribution is -0.138. The van der Waals surface area contributed by atoms with Crippen LogP contribution in [0.2, 0.25) is 5.02 Å². The fourth-order valence-electron chi connectivity index (χ4n) is 2.27. The maximum absolute atomic E-state index is 13.1. The van der Waals surface area contributed by atoms with Gasteiger partial charge in [-0.2, -0.15) is 5.10 Å². The Hall–Kier alpha value is -2.41. The van der Waals surface area contributed by atoms with E-state index in [0.29, 0.717) is 34.2 Å². The van der Waals surface area contributed by atoms with Crippen LogP contribution in [0, 0.1) is 19.7 Å². The van der Waals surface area contributed by atoms with Crippen LogP contribution in [0.4, 0.5) is 10.1 Å². The predicted octanol–water partition coefficient (Wildman–Crippen LogP) is 3.14. The lowest BCUT2D eigenvalue weighted by Crippen LogP contribution is -2.14. The van der Waals surface area contributed by atoms with Crippen LogP contribution in [0.3, 0.4) is 0 Å². The Morgan fingerprint density at radius 2 is 2.04 bits per heavy atom. The van der Waals surface area contributed by atoms with Gasteiger partial charge in [-0.05, 0) is 31.5 Å². The average Bonchev–Trinajstić information content (AvgIpc) is 2.75. The number of aliphatic carboxylic acids is 1. The van der Waals surface area contributed by atoms with Crippen LogP contribution in [0.5, 0.6) is 0 Å². The molecule has 2 aromatic rings. The molecule has 1 aromatic heterocycles. The second-order valence-corrected chi connectivity index (χ2v) is 5.79. The van der Waals surface area contributed by atoms with E-state index in [0.717, 1.165) is 0 Å². The van der Waals surface area contributed by atoms with Crippen LogP contribution in [-0.4, -0.2) is 26.8 Å². The van der Waals surface area contributed by atoms with Crippen molar-refractivity contribution in [2.24, 2.45) is 0 Å². The molecule has 0 fully saturated rings. The summed E-state index contributed by atoms with van der Waals surface area (Å²) >= 11 is 6.03. The minimum atomic E-state index is -1.03. The van der Waals surface area contributed by atoms with Crippen molar-refractivity contribution in [1.82, 2.24) is 9.78 Å². The lowest BCUT2D eigenvalue weighted by Gasteiger charge is -2.08. The van der Waals surface area contributed by atoms with E-state index in [1.165, 1.54) is 12.1 Å². The largest absolute Gasteiger partial charge is 0.481 e. The van der Waals surface area contributed by atoms with Gasteiger partial charge in [-0.25, -0.2) is 4.39 Å². The first-order chi connectivity index (χ1) is 11.3. The van der Waals surface area contributed by atoms with E-state index < -0.39 is 11.8 Å². The molecule has 24 heavy (non-hydrogen) atoms. The summed E-state index contributed by atoms with van der Waals surface area (Å²) in [5.74, 6) is -1.83. The SMILES string of the molecule is Cc1nn(Cc2ccc(F)cc2Cl)c(C)c1NC(=O)CCC(=O)O. The number of aryl methyl sites for hydroxylation is 1. The Labute approximate surface area is 143 Å². The zero-order chi connectivity index (χ0) is 17.9. The molecule has 2 rings (SSSR count). The summed E-state index contributed by atoms with van der Waals surface area (Å²) in [6, 6.07) is 4.14. The van der Waals surface area contributed by atoms with Gasteiger partial charge in [-0.3, -0.25) is 14.3 Å². The van der Waals surface area contributed by atoms with Crippen molar-refractivity contribution in [2.45, 2.75) is 33.2 Å². The first-order valence-corrected chi connectivity index (χ1v) is 7.65. The molecule has 128 valence electrons. The molecule has 0 saturated carbocycles. The van der Waals surface area contributed by atoms with Crippen LogP contribution in [0.25, 0.3) is 0 Å². The molecular weight excluding hydrogens is 337 g/mol. The number of carboxylic acids is 1. The Bertz CT molecular complexity index is 789. The molecule has 1 heterocycles. The molecule has 6 nitrogen and oxygen atoms in total. The average molecular weight is 354 g/mol. The topological polar surface area (TPSA) is 84.2 Å². The number of carbonyl (C=O) groups is 2. The van der Waals surface area contributed by atoms with Gasteiger partial charge in [0.1, 0.15) is 5.82 Å². The van der Waals surface area contributed by atoms with E-state index in [2.05, 4.69) is 10.4 Å². The Morgan fingerprint density at radius 1 is 1.33 bits per heavy atom. The third kappa shape index (κ3) is 4.32. The number of hydrogen-bond donors (Lipinski definition) is 2. The van der Waals surface area contributed by atoms with Crippen molar-refractivity contribution in [1.29, 1.82) is 0 Å². The minimum Gasteiger partial charge on any atom is -0.481 e. The first-order valence-electron chi connectivity index (χ1n) is 7.27. The standard InChI is InChI=1S/C16H17ClFN3O3/c1-9-16(19-14(22)5-6-15(23)24)10(2)21(20-9)8-11-3-4-12(18)7-13(11)17/h3-4,7H,5-6,8H2,1-2H3,(H,19,22)(H,23,24). The number of nitrogens with one attached hydrogen (secondary N) is 1. The van der Waals surface area contributed by atoms with E-state index in [4.69, 9.17) is 16.7 Å². The maximum atomic E-state index is 13.1. The summed E-state index contributed by atoms with van der Waals surface area (Å²) in [7, 11) is 0. The van der Waals surface area contributed by atoms with Gasteiger partial charge in [0.2, 0.25) is 5.91 Å². The number of benzene rings is 1. The number of aromatic nitrogens is 2. The Kier molecular flexibility index (Phi) is 5.56. The number of hydrogen-bond acceptors (Lipinski definition) is 3. The lowest BCUT2D eigenvalue weighted by atomic mass is 10.2. The van der Waals surface area contributed by atoms with E-state index >= 15 is 0 Å². The fraction of sp³-hybridized carbons (Fsp3) is 0.312. The van der Waals surface area contributed by atoms with Crippen LogP contribution in [0.1, 0.15) is 29.8 Å². The van der Waals surface area contributed by atoms with Crippen molar-refractivity contribution in [3.63, 3.8) is 0 Å². The smallest absolute Gasteiger partial charge is 0.303 e. The zero-order valence-electron chi connectivity index (χ0n) is 13.3. The summed E-state index contributed by atoms with van der Waals surface area (Å²) in [4.78, 5) is 22.3. The highest BCUT2D eigenvalue weighted by Crippen LogP contribution is 2.23. The van der Waals surface area contributed by atoms with Crippen molar-refractivity contribution in [2.75, 3.05) is 5.32 Å². The van der Waals surface area contributed by atoms with Crippen molar-refractivity contribution in [3.05, 3.63) is 46.0 Å². The summed E-state index contributed by atoms with van der Waals surface area (Å²) in [5.41, 5.74) is 2.56. The fourth-order valence-corrected chi connectivity index (χ4v) is 2.49. The van der Waals surface area contributed by atoms with Crippen LogP contribution in [0.15, 0.2) is 18.2 Å². The summed E-state index contributed by atoms with van der Waals surface area (Å²) in [6.45, 7) is 3.85. The first kappa shape index (κ1) is 17.9. The van der Waals surface area contributed by atoms with E-state index in [-0.39, 0.29) is 18.7 Å². The molecule has 0 unspecified atom stereocenters. The van der Waals surface area contributed by atoms with Crippen molar-refractivity contribution >= 4 is 29.2 Å². The van der Waals surface area contributed by atoms with Gasteiger partial charge in [0, 0.05) is 11.4 Å². The number of carboxylic acid groups (broad SMARTS) is 1. The highest BCUT2D eigenvalue weighted by molar-refractivity contribution is 6.31. The van der Waals surface area contributed by atoms with Gasteiger partial charge in [0.15, 0.2) is 0 Å². The summed E-state index contributed by atoms with van der Waals surface area (Å²) in [6.07, 6.45) is -0.341. The molecule has 0 atom stereocenters. The number of amides is 1. The molecule has 0 aliphatic rings. The molecule has 8 heteroatoms. The predicted molar refractivity (Wildman–Crippen MR) is 87.7 cm³/mol. The van der Waals surface area contributed by atoms with E-state index in [1.807, 2.05) is 0 Å². The number of nitrogens with zero attached hydrogens (tertiary/aromatic N) is 2. The third-order valence-corrected chi connectivity index (χ3v) is 3.90. The van der Waals surface area contributed by atoms with Gasteiger partial charge in [-0.1, -0.05) is 17.7 Å². The zero-order valence-corrected chi connectivity index (χ0v) is 14.0. The molecule has 0 bridgehead atoms. The highest BCUT2D eigenvalue weighted by atomic mass is 35.5. The molecule has 2 N–H and O–H groups in total. The number of rotatable bonds is 6. The van der Waals surface area contributed by atoms with Crippen molar-refractivity contribution < 1.29 is 19.1 Å². The van der Waals surface area contributed by atoms with Gasteiger partial charge < -0.3 is 10.4 Å². The number of halogens is 2. The third-order valence-electron chi connectivity index (χ3n) is 3.55. The van der Waals surface area contributed by atoms with E-state index in [9.17, 15) is 14.0 Å². The van der Waals surface area contributed by atoms with Gasteiger partial charge in [-0.15, -0.1) is 0 Å². The van der Waals surface area contributed by atoms with Crippen LogP contribution in [-0.2, 0) is 16.1 Å². The molecule has 0 spiro atoms. The van der Waals surface area contributed by atoms with Crippen LogP contribution >= 0.6 is 11.6 Å².